The summed E-state index contributed by atoms with van der Waals surface area (Å²) < 4.78 is 15.1. The highest BCUT2D eigenvalue weighted by atomic mass is 31.2. The van der Waals surface area contributed by atoms with Crippen molar-refractivity contribution in [3.05, 3.63) is 164 Å². The maximum Gasteiger partial charge on any atom is 0.234 e. The lowest BCUT2D eigenvalue weighted by atomic mass is 10.2. The molecule has 0 saturated heterocycles. The third-order valence-corrected chi connectivity index (χ3v) is 11.9. The minimum Gasteiger partial charge on any atom is -0.497 e. The van der Waals surface area contributed by atoms with Gasteiger partial charge >= 0.3 is 0 Å². The Bertz CT molecular complexity index is 2260. The number of rotatable bonds is 8. The summed E-state index contributed by atoms with van der Waals surface area (Å²) in [5.74, 6) is 1.40. The van der Waals surface area contributed by atoms with Crippen molar-refractivity contribution in [1.29, 1.82) is 0 Å². The van der Waals surface area contributed by atoms with Crippen molar-refractivity contribution in [1.82, 2.24) is 19.4 Å². The molecule has 0 aliphatic heterocycles. The van der Waals surface area contributed by atoms with Crippen LogP contribution in [0, 0.1) is 0 Å². The van der Waals surface area contributed by atoms with E-state index in [0.29, 0.717) is 5.95 Å². The summed E-state index contributed by atoms with van der Waals surface area (Å²) in [6.07, 6.45) is 0. The molecular formula is C39H31N6OP. The molecule has 0 radical (unpaired) electrons. The Morgan fingerprint density at radius 2 is 1.15 bits per heavy atom. The first kappa shape index (κ1) is 28.6. The Labute approximate surface area is 272 Å². The molecule has 0 spiro atoms. The van der Waals surface area contributed by atoms with Gasteiger partial charge in [0.05, 0.1) is 31.1 Å². The van der Waals surface area contributed by atoms with Crippen LogP contribution in [0.2, 0.25) is 0 Å². The molecule has 0 amide bonds. The van der Waals surface area contributed by atoms with E-state index in [9.17, 15) is 0 Å². The fourth-order valence-corrected chi connectivity index (χ4v) is 9.63. The zero-order chi connectivity index (χ0) is 31.6. The summed E-state index contributed by atoms with van der Waals surface area (Å²) in [5.41, 5.74) is 4.33. The Kier molecular flexibility index (Phi) is 7.36. The smallest absolute Gasteiger partial charge is 0.234 e. The van der Waals surface area contributed by atoms with Crippen LogP contribution in [0.25, 0.3) is 22.2 Å². The van der Waals surface area contributed by atoms with Crippen molar-refractivity contribution in [2.24, 2.45) is 4.74 Å². The Morgan fingerprint density at radius 1 is 0.596 bits per heavy atom. The van der Waals surface area contributed by atoms with E-state index in [1.54, 1.807) is 11.7 Å². The summed E-state index contributed by atoms with van der Waals surface area (Å²) in [6, 6.07) is 56.3. The van der Waals surface area contributed by atoms with Gasteiger partial charge in [0.1, 0.15) is 5.75 Å². The molecule has 0 bridgehead atoms. The second kappa shape index (κ2) is 12.1. The lowest BCUT2D eigenvalue weighted by molar-refractivity contribution is 0.415. The minimum atomic E-state index is -2.55. The first-order valence-corrected chi connectivity index (χ1v) is 17.1. The molecule has 0 atom stereocenters. The molecule has 7 nitrogen and oxygen atoms in total. The second-order valence-corrected chi connectivity index (χ2v) is 14.1. The van der Waals surface area contributed by atoms with E-state index in [1.165, 1.54) is 15.9 Å². The molecule has 0 saturated carbocycles. The number of aromatic nitrogens is 4. The molecule has 8 heteroatoms. The quantitative estimate of drug-likeness (QED) is 0.172. The molecule has 2 aromatic heterocycles. The van der Waals surface area contributed by atoms with Gasteiger partial charge in [-0.2, -0.15) is 0 Å². The Morgan fingerprint density at radius 3 is 1.77 bits per heavy atom. The predicted octanol–water partition coefficient (Wildman–Crippen LogP) is 8.23. The third-order valence-electron chi connectivity index (χ3n) is 8.27. The van der Waals surface area contributed by atoms with E-state index in [0.717, 1.165) is 39.4 Å². The van der Waals surface area contributed by atoms with Gasteiger partial charge in [-0.15, -0.1) is 14.8 Å². The van der Waals surface area contributed by atoms with Crippen molar-refractivity contribution >= 4 is 56.8 Å². The van der Waals surface area contributed by atoms with Crippen LogP contribution in [0.5, 0.6) is 5.75 Å². The van der Waals surface area contributed by atoms with Gasteiger partial charge in [0.25, 0.3) is 0 Å². The number of anilines is 2. The van der Waals surface area contributed by atoms with Crippen LogP contribution in [0.1, 0.15) is 0 Å². The molecule has 8 aromatic rings. The molecule has 2 heterocycles. The van der Waals surface area contributed by atoms with Gasteiger partial charge in [0.2, 0.25) is 5.95 Å². The van der Waals surface area contributed by atoms with E-state index in [-0.39, 0.29) is 0 Å². The first-order valence-electron chi connectivity index (χ1n) is 15.4. The van der Waals surface area contributed by atoms with E-state index < -0.39 is 7.05 Å². The van der Waals surface area contributed by atoms with Crippen LogP contribution in [-0.2, 0) is 0 Å². The second-order valence-electron chi connectivity index (χ2n) is 11.1. The fourth-order valence-electron chi connectivity index (χ4n) is 6.09. The summed E-state index contributed by atoms with van der Waals surface area (Å²) in [6.45, 7) is 0. The van der Waals surface area contributed by atoms with Crippen LogP contribution < -0.4 is 26.0 Å². The van der Waals surface area contributed by atoms with E-state index >= 15 is 0 Å². The standard InChI is InChI=1S/C39H31N6OP/c1-46-30-27-25-29(26-28-30)40-39-42-45-38(34-21-11-12-22-35(34)41-45)44(39)37-24-14-13-23-36(37)43-47(31-15-5-2-6-16-31,32-17-7-3-8-18-32)33-19-9-4-10-20-33/h2-28H,1H3,(H,40,42). The van der Waals surface area contributed by atoms with E-state index in [4.69, 9.17) is 19.7 Å². The maximum absolute atomic E-state index is 5.89. The summed E-state index contributed by atoms with van der Waals surface area (Å²) in [4.78, 5) is 0. The molecule has 8 rings (SSSR count). The molecule has 0 aliphatic carbocycles. The molecule has 228 valence electrons. The number of hydrogen-bond donors (Lipinski definition) is 1. The minimum absolute atomic E-state index is 0.620. The van der Waals surface area contributed by atoms with Gasteiger partial charge in [-0.1, -0.05) is 115 Å². The van der Waals surface area contributed by atoms with Crippen LogP contribution in [-0.4, -0.2) is 26.5 Å². The maximum atomic E-state index is 5.89. The van der Waals surface area contributed by atoms with Gasteiger partial charge in [-0.05, 0) is 48.5 Å². The van der Waals surface area contributed by atoms with E-state index in [1.807, 2.05) is 48.5 Å². The Balaban J connectivity index is 1.44. The topological polar surface area (TPSA) is 68.7 Å². The Hall–Kier alpha value is -5.91. The van der Waals surface area contributed by atoms with E-state index in [2.05, 4.69) is 125 Å². The van der Waals surface area contributed by atoms with Crippen molar-refractivity contribution in [2.45, 2.75) is 0 Å². The normalized spacial score (nSPS) is 11.5. The molecule has 0 aliphatic rings. The largest absolute Gasteiger partial charge is 0.497 e. The lowest BCUT2D eigenvalue weighted by Crippen LogP contribution is -2.25. The average molecular weight is 631 g/mol. The molecule has 0 unspecified atom stereocenters. The van der Waals surface area contributed by atoms with Gasteiger partial charge in [-0.25, -0.2) is 0 Å². The summed E-state index contributed by atoms with van der Waals surface area (Å²) in [5, 5.41) is 17.9. The number of nitrogens with zero attached hydrogens (tertiary/aromatic N) is 5. The highest BCUT2D eigenvalue weighted by Gasteiger charge is 2.29. The third kappa shape index (κ3) is 5.07. The van der Waals surface area contributed by atoms with Crippen LogP contribution in [0.4, 0.5) is 17.3 Å². The molecular weight excluding hydrogens is 599 g/mol. The SMILES string of the molecule is COc1ccc(Nc2nn3nc4ccccc4c3n2-c2ccccc2N=P(c2ccccc2)(c2ccccc2)c2ccccc2)cc1. The number of para-hydroxylation sites is 1. The van der Waals surface area contributed by atoms with Crippen molar-refractivity contribution in [2.75, 3.05) is 12.4 Å². The van der Waals surface area contributed by atoms with Crippen molar-refractivity contribution < 1.29 is 4.74 Å². The highest BCUT2D eigenvalue weighted by Crippen LogP contribution is 2.50. The number of nitrogens with one attached hydrogen (secondary N) is 1. The molecule has 47 heavy (non-hydrogen) atoms. The first-order chi connectivity index (χ1) is 23.2. The van der Waals surface area contributed by atoms with Crippen LogP contribution >= 0.6 is 7.05 Å². The van der Waals surface area contributed by atoms with Gasteiger partial charge in [0, 0.05) is 27.0 Å². The molecule has 6 aromatic carbocycles. The highest BCUT2D eigenvalue weighted by molar-refractivity contribution is 7.87. The number of methoxy groups -OCH3 is 1. The van der Waals surface area contributed by atoms with Crippen LogP contribution in [0.3, 0.4) is 0 Å². The molecule has 1 N–H and O–H groups in total. The lowest BCUT2D eigenvalue weighted by Gasteiger charge is -2.27. The van der Waals surface area contributed by atoms with Gasteiger partial charge < -0.3 is 10.1 Å². The number of benzene rings is 6. The monoisotopic (exact) mass is 630 g/mol. The zero-order valence-corrected chi connectivity index (χ0v) is 26.6. The predicted molar refractivity (Wildman–Crippen MR) is 193 cm³/mol. The zero-order valence-electron chi connectivity index (χ0n) is 25.7. The van der Waals surface area contributed by atoms with Crippen LogP contribution in [0.15, 0.2) is 169 Å². The van der Waals surface area contributed by atoms with Crippen molar-refractivity contribution in [3.8, 4) is 11.4 Å². The summed E-state index contributed by atoms with van der Waals surface area (Å²) in [7, 11) is -0.888. The van der Waals surface area contributed by atoms with Gasteiger partial charge in [-0.3, -0.25) is 9.31 Å². The summed E-state index contributed by atoms with van der Waals surface area (Å²) >= 11 is 0. The number of fused-ring (bicyclic) bond motifs is 3. The fraction of sp³-hybridized carbons (Fsp3) is 0.0256. The number of ether oxygens (including phenoxy) is 1. The molecule has 0 fully saturated rings. The van der Waals surface area contributed by atoms with Crippen molar-refractivity contribution in [3.63, 3.8) is 0 Å². The number of hydrogen-bond acceptors (Lipinski definition) is 5. The average Bonchev–Trinajstić information content (AvgIpc) is 3.67. The van der Waals surface area contributed by atoms with Gasteiger partial charge in [0.15, 0.2) is 5.65 Å².